The van der Waals surface area contributed by atoms with Gasteiger partial charge in [-0.25, -0.2) is 4.68 Å². The van der Waals surface area contributed by atoms with E-state index in [1.54, 1.807) is 38.1 Å². The fourth-order valence-electron chi connectivity index (χ4n) is 2.36. The van der Waals surface area contributed by atoms with Crippen molar-refractivity contribution >= 4 is 0 Å². The van der Waals surface area contributed by atoms with Gasteiger partial charge in [0.25, 0.3) is 0 Å². The highest BCUT2D eigenvalue weighted by molar-refractivity contribution is 5.70. The molecule has 0 aliphatic rings. The monoisotopic (exact) mass is 319 g/mol. The lowest BCUT2D eigenvalue weighted by Crippen LogP contribution is -2.05. The Morgan fingerprint density at radius 3 is 2.22 bits per heavy atom. The van der Waals surface area contributed by atoms with E-state index in [0.29, 0.717) is 35.2 Å². The molecule has 0 bridgehead atoms. The Hall–Kier alpha value is -2.54. The van der Waals surface area contributed by atoms with Gasteiger partial charge in [0.05, 0.1) is 40.2 Å². The van der Waals surface area contributed by atoms with Crippen molar-refractivity contribution in [2.24, 2.45) is 0 Å². The summed E-state index contributed by atoms with van der Waals surface area (Å²) in [7, 11) is 4.65. The lowest BCUT2D eigenvalue weighted by Gasteiger charge is -2.15. The van der Waals surface area contributed by atoms with Gasteiger partial charge in [-0.1, -0.05) is 17.4 Å². The van der Waals surface area contributed by atoms with Crippen molar-refractivity contribution in [1.82, 2.24) is 15.0 Å². The van der Waals surface area contributed by atoms with Crippen molar-refractivity contribution in [2.45, 2.75) is 20.1 Å². The molecule has 0 fully saturated rings. The molecule has 1 aromatic carbocycles. The Bertz CT molecular complexity index is 684. The average molecular weight is 319 g/mol. The number of hydrogen-bond acceptors (Lipinski definition) is 6. The Kier molecular flexibility index (Phi) is 5.23. The maximum Gasteiger partial charge on any atom is 0.203 e. The minimum Gasteiger partial charge on any atom is -0.493 e. The summed E-state index contributed by atoms with van der Waals surface area (Å²) >= 11 is 0. The first-order valence-electron chi connectivity index (χ1n) is 7.03. The van der Waals surface area contributed by atoms with Gasteiger partial charge in [-0.2, -0.15) is 0 Å². The molecule has 0 amide bonds. The molecule has 0 saturated carbocycles. The van der Waals surface area contributed by atoms with Crippen LogP contribution >= 0.6 is 0 Å². The summed E-state index contributed by atoms with van der Waals surface area (Å²) in [5, 5.41) is 17.7. The Morgan fingerprint density at radius 1 is 1.17 bits per heavy atom. The van der Waals surface area contributed by atoms with E-state index in [9.17, 15) is 5.11 Å². The highest BCUT2D eigenvalue weighted by Gasteiger charge is 2.20. The molecule has 0 aliphatic heterocycles. The van der Waals surface area contributed by atoms with Crippen LogP contribution < -0.4 is 14.2 Å². The summed E-state index contributed by atoms with van der Waals surface area (Å²) in [5.41, 5.74) is 2.85. The zero-order valence-electron chi connectivity index (χ0n) is 13.8. The summed E-state index contributed by atoms with van der Waals surface area (Å²) in [6.07, 6.45) is 0. The van der Waals surface area contributed by atoms with Crippen LogP contribution in [0.5, 0.6) is 17.2 Å². The number of benzene rings is 1. The molecule has 1 aromatic heterocycles. The van der Waals surface area contributed by atoms with Gasteiger partial charge in [-0.15, -0.1) is 5.10 Å². The van der Waals surface area contributed by atoms with Crippen LogP contribution in [-0.4, -0.2) is 41.4 Å². The third-order valence-electron chi connectivity index (χ3n) is 3.31. The molecular formula is C16H21N3O4. The number of methoxy groups -OCH3 is 3. The third-order valence-corrected chi connectivity index (χ3v) is 3.31. The Labute approximate surface area is 135 Å². The first-order chi connectivity index (χ1) is 11.0. The number of nitrogens with zero attached hydrogens (tertiary/aromatic N) is 3. The topological polar surface area (TPSA) is 78.6 Å². The van der Waals surface area contributed by atoms with E-state index < -0.39 is 0 Å². The number of hydrogen-bond donors (Lipinski definition) is 1. The van der Waals surface area contributed by atoms with Crippen LogP contribution in [0.3, 0.4) is 0 Å². The summed E-state index contributed by atoms with van der Waals surface area (Å²) in [6, 6.07) is 3.60. The van der Waals surface area contributed by atoms with Crippen molar-refractivity contribution in [1.29, 1.82) is 0 Å². The van der Waals surface area contributed by atoms with E-state index in [1.807, 2.05) is 6.92 Å². The Balaban J connectivity index is 2.66. The number of allylic oxidation sites excluding steroid dienone is 1. The molecule has 0 saturated heterocycles. The van der Waals surface area contributed by atoms with Gasteiger partial charge in [-0.3, -0.25) is 0 Å². The molecule has 2 aromatic rings. The van der Waals surface area contributed by atoms with E-state index in [1.165, 1.54) is 0 Å². The van der Waals surface area contributed by atoms with Crippen LogP contribution in [0, 0.1) is 0 Å². The maximum absolute atomic E-state index is 9.56. The molecule has 0 radical (unpaired) electrons. The second-order valence-corrected chi connectivity index (χ2v) is 5.07. The largest absolute Gasteiger partial charge is 0.493 e. The smallest absolute Gasteiger partial charge is 0.203 e. The van der Waals surface area contributed by atoms with Crippen LogP contribution in [0.1, 0.15) is 12.6 Å². The van der Waals surface area contributed by atoms with Crippen LogP contribution in [0.2, 0.25) is 0 Å². The van der Waals surface area contributed by atoms with Gasteiger partial charge in [-0.05, 0) is 19.1 Å². The summed E-state index contributed by atoms with van der Waals surface area (Å²) < 4.78 is 17.8. The van der Waals surface area contributed by atoms with Crippen molar-refractivity contribution in [2.75, 3.05) is 21.3 Å². The number of aromatic nitrogens is 3. The number of aliphatic hydroxyl groups excluding tert-OH is 1. The highest BCUT2D eigenvalue weighted by Crippen LogP contribution is 2.41. The SMILES string of the molecule is C=C(C)Cn1nnc(CO)c1-c1cc(OC)c(OC)c(OC)c1. The fourth-order valence-corrected chi connectivity index (χ4v) is 2.36. The Morgan fingerprint density at radius 2 is 1.78 bits per heavy atom. The standard InChI is InChI=1S/C16H21N3O4/c1-10(2)8-19-15(12(9-20)17-18-19)11-6-13(21-3)16(23-5)14(7-11)22-4/h6-7,20H,1,8-9H2,2-5H3. The van der Waals surface area contributed by atoms with Crippen LogP contribution in [0.25, 0.3) is 11.3 Å². The summed E-state index contributed by atoms with van der Waals surface area (Å²) in [5.74, 6) is 1.55. The summed E-state index contributed by atoms with van der Waals surface area (Å²) in [6.45, 7) is 6.08. The quantitative estimate of drug-likeness (QED) is 0.787. The number of rotatable bonds is 7. The minimum atomic E-state index is -0.220. The number of ether oxygens (including phenoxy) is 3. The highest BCUT2D eigenvalue weighted by atomic mass is 16.5. The van der Waals surface area contributed by atoms with Crippen LogP contribution in [-0.2, 0) is 13.2 Å². The van der Waals surface area contributed by atoms with Crippen molar-refractivity contribution in [3.63, 3.8) is 0 Å². The predicted octanol–water partition coefficient (Wildman–Crippen LogP) is 2.04. The molecular weight excluding hydrogens is 298 g/mol. The van der Waals surface area contributed by atoms with Gasteiger partial charge in [0.2, 0.25) is 5.75 Å². The van der Waals surface area contributed by atoms with Crippen molar-refractivity contribution < 1.29 is 19.3 Å². The van der Waals surface area contributed by atoms with Crippen molar-refractivity contribution in [3.8, 4) is 28.5 Å². The predicted molar refractivity (Wildman–Crippen MR) is 85.9 cm³/mol. The zero-order chi connectivity index (χ0) is 17.0. The molecule has 7 nitrogen and oxygen atoms in total. The molecule has 0 unspecified atom stereocenters. The average Bonchev–Trinajstić information content (AvgIpc) is 2.95. The van der Waals surface area contributed by atoms with Gasteiger partial charge in [0.1, 0.15) is 5.69 Å². The van der Waals surface area contributed by atoms with Crippen LogP contribution in [0.15, 0.2) is 24.3 Å². The molecule has 1 heterocycles. The summed E-state index contributed by atoms with van der Waals surface area (Å²) in [4.78, 5) is 0. The number of aliphatic hydroxyl groups is 1. The van der Waals surface area contributed by atoms with E-state index >= 15 is 0 Å². The molecule has 0 aliphatic carbocycles. The normalized spacial score (nSPS) is 10.5. The lowest BCUT2D eigenvalue weighted by molar-refractivity contribution is 0.277. The van der Waals surface area contributed by atoms with Crippen LogP contribution in [0.4, 0.5) is 0 Å². The van der Waals surface area contributed by atoms with Gasteiger partial charge < -0.3 is 19.3 Å². The molecule has 0 spiro atoms. The molecule has 0 atom stereocenters. The zero-order valence-corrected chi connectivity index (χ0v) is 13.8. The van der Waals surface area contributed by atoms with E-state index in [0.717, 1.165) is 11.1 Å². The van der Waals surface area contributed by atoms with Gasteiger partial charge in [0, 0.05) is 5.56 Å². The molecule has 7 heteroatoms. The minimum absolute atomic E-state index is 0.220. The van der Waals surface area contributed by atoms with Gasteiger partial charge >= 0.3 is 0 Å². The first-order valence-corrected chi connectivity index (χ1v) is 7.03. The second kappa shape index (κ2) is 7.15. The lowest BCUT2D eigenvalue weighted by atomic mass is 10.1. The maximum atomic E-state index is 9.56. The second-order valence-electron chi connectivity index (χ2n) is 5.07. The van der Waals surface area contributed by atoms with Crippen molar-refractivity contribution in [3.05, 3.63) is 30.0 Å². The van der Waals surface area contributed by atoms with E-state index in [-0.39, 0.29) is 6.61 Å². The first kappa shape index (κ1) is 16.8. The van der Waals surface area contributed by atoms with E-state index in [4.69, 9.17) is 14.2 Å². The molecule has 2 rings (SSSR count). The van der Waals surface area contributed by atoms with E-state index in [2.05, 4.69) is 16.9 Å². The molecule has 1 N–H and O–H groups in total. The fraction of sp³-hybridized carbons (Fsp3) is 0.375. The third kappa shape index (κ3) is 3.29. The van der Waals surface area contributed by atoms with Gasteiger partial charge in [0.15, 0.2) is 11.5 Å². The molecule has 23 heavy (non-hydrogen) atoms. The molecule has 124 valence electrons.